The molecule has 0 bridgehead atoms. The van der Waals surface area contributed by atoms with E-state index in [1.165, 1.54) is 0 Å². The molecular formula is C31H33N5O5S2. The second kappa shape index (κ2) is 15.2. The van der Waals surface area contributed by atoms with Gasteiger partial charge in [-0.15, -0.1) is 5.10 Å². The highest BCUT2D eigenvalue weighted by molar-refractivity contribution is 7.73. The lowest BCUT2D eigenvalue weighted by Crippen LogP contribution is -2.56. The number of nitrogens with one attached hydrogen (secondary N) is 2. The molecule has 4 aromatic rings. The number of carbonyl (C=O) groups is 3. The maximum atomic E-state index is 13.7. The molecule has 1 heterocycles. The number of rotatable bonds is 12. The van der Waals surface area contributed by atoms with E-state index < -0.39 is 30.0 Å². The Kier molecular flexibility index (Phi) is 11.1. The number of imide groups is 1. The first-order valence-electron chi connectivity index (χ1n) is 13.6. The third kappa shape index (κ3) is 9.05. The molecule has 0 fully saturated rings. The Bertz CT molecular complexity index is 1560. The van der Waals surface area contributed by atoms with E-state index in [-0.39, 0.29) is 28.0 Å². The number of hydrogen-bond acceptors (Lipinski definition) is 9. The van der Waals surface area contributed by atoms with Gasteiger partial charge in [-0.2, -0.15) is 4.90 Å². The third-order valence-electron chi connectivity index (χ3n) is 6.42. The number of nitrogens with two attached hydrogens (primary N) is 1. The molecule has 0 radical (unpaired) electrons. The molecule has 0 aliphatic heterocycles. The maximum absolute atomic E-state index is 13.7. The van der Waals surface area contributed by atoms with Crippen LogP contribution in [0.4, 0.5) is 9.93 Å². The van der Waals surface area contributed by atoms with Crippen LogP contribution in [0.2, 0.25) is 0 Å². The van der Waals surface area contributed by atoms with Crippen molar-refractivity contribution < 1.29 is 23.9 Å². The molecule has 0 spiro atoms. The number of H-pyrrole nitrogens is 1. The Labute approximate surface area is 258 Å². The quantitative estimate of drug-likeness (QED) is 0.185. The molecule has 224 valence electrons. The number of carbonyl (C=O) groups excluding carboxylic acids is 3. The molecule has 43 heavy (non-hydrogen) atoms. The number of amides is 3. The van der Waals surface area contributed by atoms with E-state index in [0.717, 1.165) is 32.9 Å². The summed E-state index contributed by atoms with van der Waals surface area (Å²) in [7, 11) is 0. The van der Waals surface area contributed by atoms with Gasteiger partial charge in [0.25, 0.3) is 5.91 Å². The second-order valence-electron chi connectivity index (χ2n) is 10.1. The fraction of sp³-hybridized carbons (Fsp3) is 0.258. The first-order chi connectivity index (χ1) is 20.7. The predicted octanol–water partition coefficient (Wildman–Crippen LogP) is 5.16. The van der Waals surface area contributed by atoms with Crippen molar-refractivity contribution in [2.75, 3.05) is 4.90 Å². The summed E-state index contributed by atoms with van der Waals surface area (Å²) in [4.78, 5) is 40.9. The number of aromatic amines is 1. The van der Waals surface area contributed by atoms with Gasteiger partial charge in [0.05, 0.1) is 6.04 Å². The van der Waals surface area contributed by atoms with Crippen molar-refractivity contribution >= 4 is 46.6 Å². The zero-order valence-corrected chi connectivity index (χ0v) is 25.4. The predicted molar refractivity (Wildman–Crippen MR) is 167 cm³/mol. The van der Waals surface area contributed by atoms with Gasteiger partial charge in [0.1, 0.15) is 25.0 Å². The summed E-state index contributed by atoms with van der Waals surface area (Å²) in [6, 6.07) is 24.2. The highest BCUT2D eigenvalue weighted by atomic mass is 32.1. The van der Waals surface area contributed by atoms with Gasteiger partial charge in [-0.05, 0) is 53.4 Å². The van der Waals surface area contributed by atoms with E-state index in [1.807, 2.05) is 72.8 Å². The zero-order chi connectivity index (χ0) is 30.8. The summed E-state index contributed by atoms with van der Waals surface area (Å²) in [5.41, 5.74) is 8.87. The number of aromatic nitrogens is 2. The molecule has 1 aromatic heterocycles. The molecule has 2 atom stereocenters. The van der Waals surface area contributed by atoms with Gasteiger partial charge in [-0.25, -0.2) is 4.79 Å². The monoisotopic (exact) mass is 619 g/mol. The average molecular weight is 620 g/mol. The maximum Gasteiger partial charge on any atom is 0.423 e. The Hall–Kier alpha value is -4.39. The van der Waals surface area contributed by atoms with E-state index >= 15 is 0 Å². The smallest absolute Gasteiger partial charge is 0.423 e. The van der Waals surface area contributed by atoms with Gasteiger partial charge in [0, 0.05) is 0 Å². The molecule has 0 saturated carbocycles. The molecule has 4 N–H and O–H groups in total. The van der Waals surface area contributed by atoms with Crippen LogP contribution in [-0.2, 0) is 34.0 Å². The van der Waals surface area contributed by atoms with E-state index in [9.17, 15) is 14.4 Å². The number of hydrogen-bond donors (Lipinski definition) is 3. The molecule has 4 rings (SSSR count). The van der Waals surface area contributed by atoms with Crippen LogP contribution in [-0.4, -0.2) is 40.2 Å². The van der Waals surface area contributed by atoms with Crippen LogP contribution < -0.4 is 20.7 Å². The standard InChI is InChI=1S/C31H33N5O5S2/c1-20(2)26(28(38)36(29-34-35-30(42)43-29)31(39)41-19-23-11-7-4-8-12-23)33-27(37)25(32)17-21-13-15-24(16-14-21)40-18-22-9-5-3-6-10-22/h3-16,20,25-26H,17-19,32H2,1-2H3,(H,33,37)(H,35,42)/t25-,26-/m0/s1. The fourth-order valence-corrected chi connectivity index (χ4v) is 4.96. The SMILES string of the molecule is CC(C)[C@H](NC(=O)[C@@H](N)Cc1ccc(OCc2ccccc2)cc1)C(=O)N(C(=O)OCc1ccccc1)c1n[nH]c(=S)s1. The van der Waals surface area contributed by atoms with Crippen LogP contribution in [0.3, 0.4) is 0 Å². The van der Waals surface area contributed by atoms with Gasteiger partial charge in [-0.3, -0.25) is 14.7 Å². The largest absolute Gasteiger partial charge is 0.489 e. The number of ether oxygens (including phenoxy) is 2. The molecule has 3 aromatic carbocycles. The van der Waals surface area contributed by atoms with Crippen molar-refractivity contribution in [2.24, 2.45) is 11.7 Å². The molecular weight excluding hydrogens is 587 g/mol. The minimum atomic E-state index is -1.09. The number of anilines is 1. The van der Waals surface area contributed by atoms with Crippen molar-refractivity contribution in [1.82, 2.24) is 15.5 Å². The zero-order valence-electron chi connectivity index (χ0n) is 23.8. The first-order valence-corrected chi connectivity index (χ1v) is 14.9. The third-order valence-corrected chi connectivity index (χ3v) is 7.50. The highest BCUT2D eigenvalue weighted by Gasteiger charge is 2.36. The Morgan fingerprint density at radius 1 is 0.930 bits per heavy atom. The molecule has 10 nitrogen and oxygen atoms in total. The van der Waals surface area contributed by atoms with Gasteiger partial charge in [-0.1, -0.05) is 98.0 Å². The molecule has 3 amide bonds. The summed E-state index contributed by atoms with van der Waals surface area (Å²) in [5.74, 6) is -0.951. The topological polar surface area (TPSA) is 140 Å². The normalized spacial score (nSPS) is 12.3. The van der Waals surface area contributed by atoms with E-state index in [1.54, 1.807) is 26.0 Å². The molecule has 12 heteroatoms. The van der Waals surface area contributed by atoms with Crippen molar-refractivity contribution in [1.29, 1.82) is 0 Å². The van der Waals surface area contributed by atoms with Crippen LogP contribution in [0, 0.1) is 9.87 Å². The van der Waals surface area contributed by atoms with Crippen molar-refractivity contribution in [3.05, 3.63) is 106 Å². The summed E-state index contributed by atoms with van der Waals surface area (Å²) in [6.45, 7) is 3.89. The van der Waals surface area contributed by atoms with E-state index in [0.29, 0.717) is 12.4 Å². The lowest BCUT2D eigenvalue weighted by molar-refractivity contribution is -0.129. The Morgan fingerprint density at radius 2 is 1.53 bits per heavy atom. The summed E-state index contributed by atoms with van der Waals surface area (Å²) < 4.78 is 11.5. The van der Waals surface area contributed by atoms with Crippen LogP contribution >= 0.6 is 23.6 Å². The fourth-order valence-electron chi connectivity index (χ4n) is 4.09. The lowest BCUT2D eigenvalue weighted by atomic mass is 10.0. The van der Waals surface area contributed by atoms with Gasteiger partial charge in [0.2, 0.25) is 11.0 Å². The Morgan fingerprint density at radius 3 is 2.09 bits per heavy atom. The van der Waals surface area contributed by atoms with Gasteiger partial charge in [0.15, 0.2) is 3.95 Å². The van der Waals surface area contributed by atoms with Gasteiger partial charge < -0.3 is 20.5 Å². The minimum absolute atomic E-state index is 0.00633. The average Bonchev–Trinajstić information content (AvgIpc) is 3.44. The lowest BCUT2D eigenvalue weighted by Gasteiger charge is -2.27. The van der Waals surface area contributed by atoms with Crippen LogP contribution in [0.15, 0.2) is 84.9 Å². The number of benzene rings is 3. The molecule has 0 unspecified atom stereocenters. The summed E-state index contributed by atoms with van der Waals surface area (Å²) >= 11 is 6.05. The molecule has 0 aliphatic rings. The van der Waals surface area contributed by atoms with Crippen molar-refractivity contribution in [3.63, 3.8) is 0 Å². The van der Waals surface area contributed by atoms with Crippen molar-refractivity contribution in [3.8, 4) is 5.75 Å². The number of nitrogens with zero attached hydrogens (tertiary/aromatic N) is 2. The first kappa shape index (κ1) is 31.5. The summed E-state index contributed by atoms with van der Waals surface area (Å²) in [6.07, 6.45) is -0.710. The second-order valence-corrected chi connectivity index (χ2v) is 11.7. The highest BCUT2D eigenvalue weighted by Crippen LogP contribution is 2.22. The molecule has 0 aliphatic carbocycles. The van der Waals surface area contributed by atoms with E-state index in [4.69, 9.17) is 27.4 Å². The van der Waals surface area contributed by atoms with Crippen LogP contribution in [0.5, 0.6) is 5.75 Å². The van der Waals surface area contributed by atoms with Gasteiger partial charge >= 0.3 is 6.09 Å². The van der Waals surface area contributed by atoms with E-state index in [2.05, 4.69) is 15.5 Å². The van der Waals surface area contributed by atoms with Crippen LogP contribution in [0.1, 0.15) is 30.5 Å². The summed E-state index contributed by atoms with van der Waals surface area (Å²) in [5, 5.41) is 9.31. The molecule has 0 saturated heterocycles. The van der Waals surface area contributed by atoms with Crippen molar-refractivity contribution in [2.45, 2.75) is 45.6 Å². The van der Waals surface area contributed by atoms with Crippen LogP contribution in [0.25, 0.3) is 0 Å². The Balaban J connectivity index is 1.40. The minimum Gasteiger partial charge on any atom is -0.489 e.